The molecule has 0 heterocycles. The number of hydrogen-bond acceptors (Lipinski definition) is 0. The lowest BCUT2D eigenvalue weighted by molar-refractivity contribution is 1.18. The third-order valence-electron chi connectivity index (χ3n) is 2.18. The lowest BCUT2D eigenvalue weighted by Gasteiger charge is -2.04. The molecule has 1 aromatic rings. The second-order valence-corrected chi connectivity index (χ2v) is 3.94. The molecule has 0 atom stereocenters. The molecule has 0 amide bonds. The Morgan fingerprint density at radius 3 is 2.67 bits per heavy atom. The first-order valence-corrected chi connectivity index (χ1v) is 5.16. The van der Waals surface area contributed by atoms with Crippen molar-refractivity contribution in [2.75, 3.05) is 0 Å². The fourth-order valence-electron chi connectivity index (χ4n) is 1.56. The molecule has 0 saturated heterocycles. The zero-order valence-corrected chi connectivity index (χ0v) is 9.59. The van der Waals surface area contributed by atoms with E-state index in [9.17, 15) is 0 Å². The molecule has 0 N–H and O–H groups in total. The smallest absolute Gasteiger partial charge is 0.00258 e. The van der Waals surface area contributed by atoms with E-state index in [1.54, 1.807) is 0 Å². The molecular formula is C15H18. The van der Waals surface area contributed by atoms with Gasteiger partial charge < -0.3 is 0 Å². The third kappa shape index (κ3) is 3.99. The topological polar surface area (TPSA) is 0 Å². The van der Waals surface area contributed by atoms with Crippen molar-refractivity contribution in [3.8, 4) is 0 Å². The zero-order chi connectivity index (χ0) is 11.3. The summed E-state index contributed by atoms with van der Waals surface area (Å²) in [7, 11) is 0. The van der Waals surface area contributed by atoms with E-state index in [2.05, 4.69) is 50.4 Å². The molecule has 0 saturated carbocycles. The first kappa shape index (κ1) is 11.5. The van der Waals surface area contributed by atoms with Gasteiger partial charge in [-0.05, 0) is 31.4 Å². The summed E-state index contributed by atoms with van der Waals surface area (Å²) in [6.45, 7) is 11.8. The molecule has 0 heteroatoms. The van der Waals surface area contributed by atoms with Gasteiger partial charge in [0.1, 0.15) is 0 Å². The van der Waals surface area contributed by atoms with Crippen molar-refractivity contribution >= 4 is 0 Å². The van der Waals surface area contributed by atoms with E-state index in [4.69, 9.17) is 0 Å². The Morgan fingerprint density at radius 1 is 1.40 bits per heavy atom. The van der Waals surface area contributed by atoms with E-state index in [-0.39, 0.29) is 0 Å². The fourth-order valence-corrected chi connectivity index (χ4v) is 1.56. The molecule has 0 aliphatic carbocycles. The van der Waals surface area contributed by atoms with Crippen LogP contribution in [0, 0.1) is 6.92 Å². The first-order valence-electron chi connectivity index (χ1n) is 5.16. The minimum absolute atomic E-state index is 0.929. The van der Waals surface area contributed by atoms with Gasteiger partial charge in [-0.1, -0.05) is 60.7 Å². The van der Waals surface area contributed by atoms with Gasteiger partial charge in [0.05, 0.1) is 0 Å². The molecule has 0 radical (unpaired) electrons. The maximum atomic E-state index is 3.88. The number of benzene rings is 1. The molecule has 78 valence electrons. The van der Waals surface area contributed by atoms with Crippen molar-refractivity contribution in [1.82, 2.24) is 0 Å². The minimum Gasteiger partial charge on any atom is -0.0988 e. The summed E-state index contributed by atoms with van der Waals surface area (Å²) in [6.07, 6.45) is 4.91. The Bertz CT molecular complexity index is 394. The zero-order valence-electron chi connectivity index (χ0n) is 9.59. The van der Waals surface area contributed by atoms with Gasteiger partial charge in [0.25, 0.3) is 0 Å². The number of hydrogen-bond donors (Lipinski definition) is 0. The summed E-state index contributed by atoms with van der Waals surface area (Å²) in [5.41, 5.74) is 4.90. The van der Waals surface area contributed by atoms with Crippen molar-refractivity contribution in [1.29, 1.82) is 0 Å². The summed E-state index contributed by atoms with van der Waals surface area (Å²) in [5, 5.41) is 0. The van der Waals surface area contributed by atoms with Gasteiger partial charge in [0.2, 0.25) is 0 Å². The molecule has 0 aromatic heterocycles. The second kappa shape index (κ2) is 5.35. The SMILES string of the molecule is C=C/C(=C\C(=C)C)Cc1cccc(C)c1. The Hall–Kier alpha value is -1.56. The van der Waals surface area contributed by atoms with Crippen LogP contribution in [0.4, 0.5) is 0 Å². The van der Waals surface area contributed by atoms with E-state index in [1.807, 2.05) is 13.0 Å². The molecule has 0 aliphatic heterocycles. The number of aryl methyl sites for hydroxylation is 1. The van der Waals surface area contributed by atoms with Gasteiger partial charge in [0, 0.05) is 0 Å². The number of rotatable bonds is 4. The summed E-state index contributed by atoms with van der Waals surface area (Å²) >= 11 is 0. The predicted molar refractivity (Wildman–Crippen MR) is 68.0 cm³/mol. The van der Waals surface area contributed by atoms with Crippen molar-refractivity contribution < 1.29 is 0 Å². The maximum absolute atomic E-state index is 3.88. The highest BCUT2D eigenvalue weighted by atomic mass is 14.0. The molecule has 0 fully saturated rings. The molecule has 0 aliphatic rings. The quantitative estimate of drug-likeness (QED) is 0.635. The average molecular weight is 198 g/mol. The summed E-state index contributed by atoms with van der Waals surface area (Å²) in [4.78, 5) is 0. The lowest BCUT2D eigenvalue weighted by Crippen LogP contribution is -1.88. The normalized spacial score (nSPS) is 11.2. The maximum Gasteiger partial charge on any atom is -0.00258 e. The van der Waals surface area contributed by atoms with Crippen LogP contribution in [-0.2, 0) is 6.42 Å². The van der Waals surface area contributed by atoms with Gasteiger partial charge in [0.15, 0.2) is 0 Å². The fraction of sp³-hybridized carbons (Fsp3) is 0.200. The largest absolute Gasteiger partial charge is 0.0988 e. The third-order valence-corrected chi connectivity index (χ3v) is 2.18. The molecule has 1 rings (SSSR count). The Balaban J connectivity index is 2.84. The van der Waals surface area contributed by atoms with Gasteiger partial charge in [-0.25, -0.2) is 0 Å². The Kier molecular flexibility index (Phi) is 4.11. The summed E-state index contributed by atoms with van der Waals surface area (Å²) in [5.74, 6) is 0. The van der Waals surface area contributed by atoms with Crippen molar-refractivity contribution in [2.45, 2.75) is 20.3 Å². The summed E-state index contributed by atoms with van der Waals surface area (Å²) in [6, 6.07) is 8.55. The van der Waals surface area contributed by atoms with E-state index in [0.717, 1.165) is 12.0 Å². The highest BCUT2D eigenvalue weighted by molar-refractivity contribution is 5.33. The van der Waals surface area contributed by atoms with Crippen LogP contribution in [-0.4, -0.2) is 0 Å². The van der Waals surface area contributed by atoms with Crippen LogP contribution in [0.15, 0.2) is 60.7 Å². The van der Waals surface area contributed by atoms with E-state index in [1.165, 1.54) is 16.7 Å². The lowest BCUT2D eigenvalue weighted by atomic mass is 10.0. The van der Waals surface area contributed by atoms with Crippen LogP contribution in [0.1, 0.15) is 18.1 Å². The minimum atomic E-state index is 0.929. The van der Waals surface area contributed by atoms with Crippen molar-refractivity contribution in [3.63, 3.8) is 0 Å². The van der Waals surface area contributed by atoms with E-state index < -0.39 is 0 Å². The molecule has 15 heavy (non-hydrogen) atoms. The van der Waals surface area contributed by atoms with Crippen molar-refractivity contribution in [2.24, 2.45) is 0 Å². The standard InChI is InChI=1S/C15H18/c1-5-14(9-12(2)3)11-15-8-6-7-13(4)10-15/h5-10H,1-2,11H2,3-4H3/b14-9+. The monoisotopic (exact) mass is 198 g/mol. The van der Waals surface area contributed by atoms with Crippen LogP contribution in [0.25, 0.3) is 0 Å². The average Bonchev–Trinajstić information content (AvgIpc) is 2.16. The molecule has 0 unspecified atom stereocenters. The Labute approximate surface area is 92.6 Å². The van der Waals surface area contributed by atoms with Crippen LogP contribution in [0.5, 0.6) is 0 Å². The van der Waals surface area contributed by atoms with Gasteiger partial charge in [-0.3, -0.25) is 0 Å². The van der Waals surface area contributed by atoms with Gasteiger partial charge >= 0.3 is 0 Å². The van der Waals surface area contributed by atoms with Crippen LogP contribution in [0.3, 0.4) is 0 Å². The predicted octanol–water partition coefficient (Wildman–Crippen LogP) is 4.23. The second-order valence-electron chi connectivity index (χ2n) is 3.94. The van der Waals surface area contributed by atoms with E-state index >= 15 is 0 Å². The highest BCUT2D eigenvalue weighted by Crippen LogP contribution is 2.12. The highest BCUT2D eigenvalue weighted by Gasteiger charge is 1.96. The number of allylic oxidation sites excluding steroid dienone is 4. The van der Waals surface area contributed by atoms with Gasteiger partial charge in [-0.15, -0.1) is 0 Å². The summed E-state index contributed by atoms with van der Waals surface area (Å²) < 4.78 is 0. The van der Waals surface area contributed by atoms with Crippen LogP contribution in [0.2, 0.25) is 0 Å². The van der Waals surface area contributed by atoms with Gasteiger partial charge in [-0.2, -0.15) is 0 Å². The molecule has 0 bridgehead atoms. The Morgan fingerprint density at radius 2 is 2.13 bits per heavy atom. The van der Waals surface area contributed by atoms with Crippen LogP contribution < -0.4 is 0 Å². The van der Waals surface area contributed by atoms with Crippen molar-refractivity contribution in [3.05, 3.63) is 71.8 Å². The molecular weight excluding hydrogens is 180 g/mol. The first-order chi connectivity index (χ1) is 7.11. The van der Waals surface area contributed by atoms with E-state index in [0.29, 0.717) is 0 Å². The molecule has 0 spiro atoms. The molecule has 0 nitrogen and oxygen atoms in total. The molecule has 1 aromatic carbocycles. The van der Waals surface area contributed by atoms with Crippen LogP contribution >= 0.6 is 0 Å².